The molecule has 0 saturated carbocycles. The van der Waals surface area contributed by atoms with E-state index in [0.29, 0.717) is 0 Å². The second-order valence-electron chi connectivity index (χ2n) is 2.34. The largest absolute Gasteiger partial charge is 0.480 e. The van der Waals surface area contributed by atoms with E-state index in [4.69, 9.17) is 5.11 Å². The highest BCUT2D eigenvalue weighted by atomic mass is 16.4. The normalized spacial score (nSPS) is 29.0. The van der Waals surface area contributed by atoms with Crippen molar-refractivity contribution < 1.29 is 14.7 Å². The lowest BCUT2D eigenvalue weighted by Crippen LogP contribution is -2.34. The fourth-order valence-electron chi connectivity index (χ4n) is 0.606. The maximum atomic E-state index is 10.9. The first-order valence-corrected chi connectivity index (χ1v) is 2.94. The Balaban J connectivity index is 3.04. The molecule has 0 bridgehead atoms. The van der Waals surface area contributed by atoms with E-state index in [-0.39, 0.29) is 0 Å². The van der Waals surface area contributed by atoms with Gasteiger partial charge in [0.2, 0.25) is 0 Å². The van der Waals surface area contributed by atoms with Crippen LogP contribution in [-0.4, -0.2) is 17.0 Å². The third-order valence-corrected chi connectivity index (χ3v) is 1.51. The van der Waals surface area contributed by atoms with Gasteiger partial charge in [0.05, 0.1) is 0 Å². The van der Waals surface area contributed by atoms with Gasteiger partial charge >= 0.3 is 5.97 Å². The molecule has 1 atom stereocenters. The van der Waals surface area contributed by atoms with Crippen LogP contribution in [0.15, 0.2) is 22.5 Å². The summed E-state index contributed by atoms with van der Waals surface area (Å²) in [6, 6.07) is 0. The molecule has 5 nitrogen and oxygen atoms in total. The van der Waals surface area contributed by atoms with Crippen LogP contribution in [0.5, 0.6) is 0 Å². The molecule has 1 aliphatic rings. The molecule has 0 radical (unpaired) electrons. The first-order chi connectivity index (χ1) is 5.07. The maximum Gasteiger partial charge on any atom is 0.323 e. The Morgan fingerprint density at radius 1 is 1.73 bits per heavy atom. The summed E-state index contributed by atoms with van der Waals surface area (Å²) in [6.45, 7) is 1.28. The first-order valence-electron chi connectivity index (χ1n) is 2.94. The lowest BCUT2D eigenvalue weighted by atomic mass is 9.89. The van der Waals surface area contributed by atoms with Gasteiger partial charge in [0.1, 0.15) is 0 Å². The summed E-state index contributed by atoms with van der Waals surface area (Å²) in [6.07, 6.45) is 2.42. The zero-order valence-corrected chi connectivity index (χ0v) is 5.81. The highest BCUT2D eigenvalue weighted by Gasteiger charge is 2.40. The molecular formula is C6H6N2O3. The minimum absolute atomic E-state index is 0.743. The number of rotatable bonds is 1. The summed E-state index contributed by atoms with van der Waals surface area (Å²) in [5, 5.41) is 15.0. The molecule has 1 N–H and O–H groups in total. The summed E-state index contributed by atoms with van der Waals surface area (Å²) in [4.78, 5) is 21.4. The molecule has 0 saturated heterocycles. The van der Waals surface area contributed by atoms with Gasteiger partial charge in [0.25, 0.3) is 5.91 Å². The molecule has 1 amide bonds. The van der Waals surface area contributed by atoms with Gasteiger partial charge in [0, 0.05) is 6.20 Å². The van der Waals surface area contributed by atoms with E-state index < -0.39 is 17.3 Å². The Bertz CT molecular complexity index is 269. The Labute approximate surface area is 62.4 Å². The molecule has 1 unspecified atom stereocenters. The highest BCUT2D eigenvalue weighted by molar-refractivity contribution is 6.04. The molecule has 58 valence electrons. The SMILES string of the molecule is CC1(C(=O)O)C=CN=NC1=O. The molecular weight excluding hydrogens is 148 g/mol. The highest BCUT2D eigenvalue weighted by Crippen LogP contribution is 2.23. The molecule has 1 aliphatic heterocycles. The van der Waals surface area contributed by atoms with Crippen LogP contribution in [0.2, 0.25) is 0 Å². The van der Waals surface area contributed by atoms with Crippen LogP contribution >= 0.6 is 0 Å². The van der Waals surface area contributed by atoms with E-state index in [0.717, 1.165) is 0 Å². The molecule has 1 rings (SSSR count). The fourth-order valence-corrected chi connectivity index (χ4v) is 0.606. The van der Waals surface area contributed by atoms with E-state index in [2.05, 4.69) is 10.2 Å². The van der Waals surface area contributed by atoms with Crippen molar-refractivity contribution in [3.05, 3.63) is 12.3 Å². The second-order valence-corrected chi connectivity index (χ2v) is 2.34. The van der Waals surface area contributed by atoms with Crippen molar-refractivity contribution >= 4 is 11.9 Å². The first kappa shape index (κ1) is 7.59. The van der Waals surface area contributed by atoms with Crippen LogP contribution in [0.3, 0.4) is 0 Å². The zero-order chi connectivity index (χ0) is 8.48. The molecule has 0 aliphatic carbocycles. The molecule has 0 fully saturated rings. The van der Waals surface area contributed by atoms with Crippen molar-refractivity contribution in [3.8, 4) is 0 Å². The molecule has 0 aromatic rings. The zero-order valence-electron chi connectivity index (χ0n) is 5.81. The number of carboxylic acid groups (broad SMARTS) is 1. The van der Waals surface area contributed by atoms with Crippen molar-refractivity contribution in [3.63, 3.8) is 0 Å². The van der Waals surface area contributed by atoms with Crippen LogP contribution in [0.1, 0.15) is 6.92 Å². The number of aliphatic carboxylic acids is 1. The lowest BCUT2D eigenvalue weighted by molar-refractivity contribution is -0.150. The Kier molecular flexibility index (Phi) is 1.56. The van der Waals surface area contributed by atoms with Crippen molar-refractivity contribution in [2.24, 2.45) is 15.6 Å². The Morgan fingerprint density at radius 3 is 2.73 bits per heavy atom. The minimum Gasteiger partial charge on any atom is -0.480 e. The monoisotopic (exact) mass is 154 g/mol. The van der Waals surface area contributed by atoms with Crippen molar-refractivity contribution in [2.45, 2.75) is 6.92 Å². The molecule has 0 aromatic carbocycles. The number of carboxylic acids is 1. The molecule has 11 heavy (non-hydrogen) atoms. The van der Waals surface area contributed by atoms with E-state index >= 15 is 0 Å². The summed E-state index contributed by atoms with van der Waals surface area (Å²) in [5.74, 6) is -1.95. The lowest BCUT2D eigenvalue weighted by Gasteiger charge is -2.16. The van der Waals surface area contributed by atoms with E-state index in [1.807, 2.05) is 0 Å². The summed E-state index contributed by atoms with van der Waals surface area (Å²) in [7, 11) is 0. The number of azo groups is 1. The smallest absolute Gasteiger partial charge is 0.323 e. The van der Waals surface area contributed by atoms with Gasteiger partial charge in [-0.1, -0.05) is 0 Å². The average molecular weight is 154 g/mol. The Morgan fingerprint density at radius 2 is 2.36 bits per heavy atom. The molecule has 5 heteroatoms. The average Bonchev–Trinajstić information content (AvgIpc) is 1.95. The standard InChI is InChI=1S/C6H6N2O3/c1-6(5(10)11)2-3-7-8-4(6)9/h2-3H,1H3,(H,10,11). The van der Waals surface area contributed by atoms with E-state index in [9.17, 15) is 9.59 Å². The molecule has 1 heterocycles. The fraction of sp³-hybridized carbons (Fsp3) is 0.333. The summed E-state index contributed by atoms with van der Waals surface area (Å²) >= 11 is 0. The van der Waals surface area contributed by atoms with E-state index in [1.165, 1.54) is 19.2 Å². The van der Waals surface area contributed by atoms with Crippen LogP contribution in [0.25, 0.3) is 0 Å². The van der Waals surface area contributed by atoms with Gasteiger partial charge in [0.15, 0.2) is 5.41 Å². The third kappa shape index (κ3) is 1.04. The van der Waals surface area contributed by atoms with Gasteiger partial charge in [-0.3, -0.25) is 9.59 Å². The number of hydrogen-bond donors (Lipinski definition) is 1. The predicted octanol–water partition coefficient (Wildman–Crippen LogP) is 0.583. The number of carbonyl (C=O) groups excluding carboxylic acids is 1. The van der Waals surface area contributed by atoms with Crippen LogP contribution in [0, 0.1) is 5.41 Å². The number of hydrogen-bond acceptors (Lipinski definition) is 3. The number of carbonyl (C=O) groups is 2. The van der Waals surface area contributed by atoms with Gasteiger partial charge in [-0.05, 0) is 13.0 Å². The predicted molar refractivity (Wildman–Crippen MR) is 34.7 cm³/mol. The van der Waals surface area contributed by atoms with Crippen molar-refractivity contribution in [1.29, 1.82) is 0 Å². The summed E-state index contributed by atoms with van der Waals surface area (Å²) in [5.41, 5.74) is -1.53. The van der Waals surface area contributed by atoms with Gasteiger partial charge in [-0.15, -0.1) is 5.11 Å². The second kappa shape index (κ2) is 2.26. The van der Waals surface area contributed by atoms with Gasteiger partial charge < -0.3 is 5.11 Å². The van der Waals surface area contributed by atoms with Crippen molar-refractivity contribution in [2.75, 3.05) is 0 Å². The van der Waals surface area contributed by atoms with Crippen LogP contribution < -0.4 is 0 Å². The maximum absolute atomic E-state index is 10.9. The van der Waals surface area contributed by atoms with Gasteiger partial charge in [-0.25, -0.2) is 0 Å². The topological polar surface area (TPSA) is 79.1 Å². The van der Waals surface area contributed by atoms with Crippen LogP contribution in [0.4, 0.5) is 0 Å². The number of amides is 1. The Hall–Kier alpha value is -1.52. The third-order valence-electron chi connectivity index (χ3n) is 1.51. The minimum atomic E-state index is -1.53. The van der Waals surface area contributed by atoms with Crippen molar-refractivity contribution in [1.82, 2.24) is 0 Å². The van der Waals surface area contributed by atoms with E-state index in [1.54, 1.807) is 0 Å². The molecule has 0 spiro atoms. The van der Waals surface area contributed by atoms with Crippen LogP contribution in [-0.2, 0) is 9.59 Å². The summed E-state index contributed by atoms with van der Waals surface area (Å²) < 4.78 is 0. The molecule has 0 aromatic heterocycles. The quantitative estimate of drug-likeness (QED) is 0.561. The van der Waals surface area contributed by atoms with Gasteiger partial charge in [-0.2, -0.15) is 5.11 Å². The number of nitrogens with zero attached hydrogens (tertiary/aromatic N) is 2.